The van der Waals surface area contributed by atoms with Gasteiger partial charge in [-0.1, -0.05) is 6.08 Å². The molecule has 4 heteroatoms. The summed E-state index contributed by atoms with van der Waals surface area (Å²) in [6, 6.07) is 0. The van der Waals surface area contributed by atoms with Gasteiger partial charge in [-0.15, -0.1) is 0 Å². The second-order valence-electron chi connectivity index (χ2n) is 2.00. The first kappa shape index (κ1) is 6.67. The van der Waals surface area contributed by atoms with Crippen molar-refractivity contribution in [3.05, 3.63) is 23.1 Å². The van der Waals surface area contributed by atoms with E-state index in [1.165, 1.54) is 6.08 Å². The van der Waals surface area contributed by atoms with E-state index < -0.39 is 5.97 Å². The summed E-state index contributed by atoms with van der Waals surface area (Å²) in [5, 5.41) is 17.3. The molecule has 0 aromatic carbocycles. The van der Waals surface area contributed by atoms with Gasteiger partial charge in [-0.05, 0) is 0 Å². The summed E-state index contributed by atoms with van der Waals surface area (Å²) in [5.74, 6) is -1.42. The van der Waals surface area contributed by atoms with Crippen molar-refractivity contribution in [1.29, 1.82) is 0 Å². The van der Waals surface area contributed by atoms with Gasteiger partial charge < -0.3 is 15.9 Å². The van der Waals surface area contributed by atoms with E-state index >= 15 is 0 Å². The maximum absolute atomic E-state index is 10.3. The molecule has 0 spiro atoms. The predicted octanol–water partition coefficient (Wildman–Crippen LogP) is 0.129. The highest BCUT2D eigenvalue weighted by Gasteiger charge is 2.19. The zero-order chi connectivity index (χ0) is 7.72. The molecule has 1 aliphatic rings. The normalized spacial score (nSPS) is 17.4. The van der Waals surface area contributed by atoms with Gasteiger partial charge in [0.2, 0.25) is 0 Å². The van der Waals surface area contributed by atoms with Crippen LogP contribution in [0.5, 0.6) is 0 Å². The lowest BCUT2D eigenvalue weighted by atomic mass is 10.2. The number of rotatable bonds is 1. The second kappa shape index (κ2) is 2.06. The Morgan fingerprint density at radius 2 is 2.30 bits per heavy atom. The van der Waals surface area contributed by atoms with Gasteiger partial charge in [0, 0.05) is 6.42 Å². The fraction of sp³-hybridized carbons (Fsp3) is 0.167. The van der Waals surface area contributed by atoms with Gasteiger partial charge in [0.1, 0.15) is 5.76 Å². The molecule has 0 saturated heterocycles. The van der Waals surface area contributed by atoms with Gasteiger partial charge in [-0.3, -0.25) is 0 Å². The second-order valence-corrected chi connectivity index (χ2v) is 2.00. The molecule has 0 fully saturated rings. The molecule has 4 N–H and O–H groups in total. The van der Waals surface area contributed by atoms with Crippen molar-refractivity contribution in [2.75, 3.05) is 0 Å². The first-order valence-corrected chi connectivity index (χ1v) is 2.74. The minimum Gasteiger partial charge on any atom is -0.505 e. The van der Waals surface area contributed by atoms with Gasteiger partial charge in [0.05, 0.1) is 11.3 Å². The summed E-state index contributed by atoms with van der Waals surface area (Å²) < 4.78 is 0. The molecule has 0 heterocycles. The molecule has 1 rings (SSSR count). The van der Waals surface area contributed by atoms with Crippen LogP contribution in [-0.2, 0) is 4.79 Å². The largest absolute Gasteiger partial charge is 0.505 e. The van der Waals surface area contributed by atoms with Crippen LogP contribution >= 0.6 is 0 Å². The molecule has 0 amide bonds. The molecule has 10 heavy (non-hydrogen) atoms. The number of carbonyl (C=O) groups is 1. The lowest BCUT2D eigenvalue weighted by Gasteiger charge is -1.94. The summed E-state index contributed by atoms with van der Waals surface area (Å²) >= 11 is 0. The standard InChI is InChI=1S/C6H7NO3/c7-4-2-1-3(5(4)8)6(9)10/h2,8H,1,7H2,(H,9,10). The number of aliphatic hydroxyl groups excluding tert-OH is 1. The highest BCUT2D eigenvalue weighted by Crippen LogP contribution is 2.20. The van der Waals surface area contributed by atoms with E-state index in [9.17, 15) is 4.79 Å². The molecule has 0 aromatic heterocycles. The van der Waals surface area contributed by atoms with E-state index in [2.05, 4.69) is 0 Å². The quantitative estimate of drug-likeness (QED) is 0.484. The number of hydrogen-bond acceptors (Lipinski definition) is 3. The molecule has 0 saturated carbocycles. The molecule has 0 bridgehead atoms. The lowest BCUT2D eigenvalue weighted by molar-refractivity contribution is -0.132. The van der Waals surface area contributed by atoms with Crippen molar-refractivity contribution >= 4 is 5.97 Å². The number of aliphatic carboxylic acids is 1. The highest BCUT2D eigenvalue weighted by atomic mass is 16.4. The Kier molecular flexibility index (Phi) is 1.37. The Morgan fingerprint density at radius 3 is 2.50 bits per heavy atom. The number of allylic oxidation sites excluding steroid dienone is 1. The van der Waals surface area contributed by atoms with Crippen LogP contribution in [0.15, 0.2) is 23.1 Å². The molecule has 0 aliphatic heterocycles. The zero-order valence-electron chi connectivity index (χ0n) is 5.16. The van der Waals surface area contributed by atoms with Crippen LogP contribution in [0.2, 0.25) is 0 Å². The molecule has 54 valence electrons. The number of carboxylic acids is 1. The smallest absolute Gasteiger partial charge is 0.335 e. The van der Waals surface area contributed by atoms with Gasteiger partial charge in [0.15, 0.2) is 0 Å². The summed E-state index contributed by atoms with van der Waals surface area (Å²) in [6.45, 7) is 0. The van der Waals surface area contributed by atoms with Gasteiger partial charge in [-0.25, -0.2) is 4.79 Å². The van der Waals surface area contributed by atoms with Crippen molar-refractivity contribution in [2.24, 2.45) is 5.73 Å². The van der Waals surface area contributed by atoms with Gasteiger partial charge in [-0.2, -0.15) is 0 Å². The third kappa shape index (κ3) is 0.834. The van der Waals surface area contributed by atoms with Crippen LogP contribution in [0.1, 0.15) is 6.42 Å². The summed E-state index contributed by atoms with van der Waals surface area (Å²) in [4.78, 5) is 10.3. The van der Waals surface area contributed by atoms with Crippen molar-refractivity contribution in [3.8, 4) is 0 Å². The average Bonchev–Trinajstić information content (AvgIpc) is 2.14. The Hall–Kier alpha value is -1.45. The summed E-state index contributed by atoms with van der Waals surface area (Å²) in [7, 11) is 0. The molecule has 0 atom stereocenters. The topological polar surface area (TPSA) is 83.6 Å². The zero-order valence-corrected chi connectivity index (χ0v) is 5.16. The van der Waals surface area contributed by atoms with Crippen LogP contribution in [-0.4, -0.2) is 16.2 Å². The van der Waals surface area contributed by atoms with Crippen molar-refractivity contribution < 1.29 is 15.0 Å². The maximum atomic E-state index is 10.3. The number of aliphatic hydroxyl groups is 1. The Labute approximate surface area is 57.3 Å². The van der Waals surface area contributed by atoms with Crippen molar-refractivity contribution in [2.45, 2.75) is 6.42 Å². The van der Waals surface area contributed by atoms with E-state index in [0.717, 1.165) is 0 Å². The molecule has 1 aliphatic carbocycles. The maximum Gasteiger partial charge on any atom is 0.335 e. The first-order valence-electron chi connectivity index (χ1n) is 2.74. The molecular weight excluding hydrogens is 134 g/mol. The molecule has 0 unspecified atom stereocenters. The summed E-state index contributed by atoms with van der Waals surface area (Å²) in [5.41, 5.74) is 5.32. The van der Waals surface area contributed by atoms with E-state index in [0.29, 0.717) is 0 Å². The van der Waals surface area contributed by atoms with Crippen LogP contribution < -0.4 is 5.73 Å². The third-order valence-electron chi connectivity index (χ3n) is 1.34. The Balaban J connectivity index is 2.94. The fourth-order valence-corrected chi connectivity index (χ4v) is 0.768. The monoisotopic (exact) mass is 141 g/mol. The minimum atomic E-state index is -1.12. The van der Waals surface area contributed by atoms with E-state index in [1.807, 2.05) is 0 Å². The third-order valence-corrected chi connectivity index (χ3v) is 1.34. The Morgan fingerprint density at radius 1 is 1.70 bits per heavy atom. The van der Waals surface area contributed by atoms with E-state index in [4.69, 9.17) is 15.9 Å². The highest BCUT2D eigenvalue weighted by molar-refractivity contribution is 5.89. The van der Waals surface area contributed by atoms with E-state index in [1.54, 1.807) is 0 Å². The average molecular weight is 141 g/mol. The molecule has 4 nitrogen and oxygen atoms in total. The molecule has 0 radical (unpaired) electrons. The minimum absolute atomic E-state index is 0.0301. The first-order chi connectivity index (χ1) is 4.63. The molecular formula is C6H7NO3. The lowest BCUT2D eigenvalue weighted by Crippen LogP contribution is -2.03. The SMILES string of the molecule is NC1=CCC(C(=O)O)=C1O. The van der Waals surface area contributed by atoms with Crippen LogP contribution in [0.4, 0.5) is 0 Å². The van der Waals surface area contributed by atoms with Gasteiger partial charge in [0.25, 0.3) is 0 Å². The molecule has 0 aromatic rings. The predicted molar refractivity (Wildman–Crippen MR) is 34.2 cm³/mol. The van der Waals surface area contributed by atoms with Crippen molar-refractivity contribution in [1.82, 2.24) is 0 Å². The van der Waals surface area contributed by atoms with Crippen LogP contribution in [0.25, 0.3) is 0 Å². The number of carboxylic acid groups (broad SMARTS) is 1. The van der Waals surface area contributed by atoms with Gasteiger partial charge >= 0.3 is 5.97 Å². The van der Waals surface area contributed by atoms with Crippen LogP contribution in [0, 0.1) is 0 Å². The fourth-order valence-electron chi connectivity index (χ4n) is 0.768. The van der Waals surface area contributed by atoms with Crippen molar-refractivity contribution in [3.63, 3.8) is 0 Å². The summed E-state index contributed by atoms with van der Waals surface area (Å²) in [6.07, 6.45) is 1.69. The Bertz CT molecular complexity index is 239. The number of nitrogens with two attached hydrogens (primary N) is 1. The number of hydrogen-bond donors (Lipinski definition) is 3. The van der Waals surface area contributed by atoms with E-state index in [-0.39, 0.29) is 23.5 Å². The van der Waals surface area contributed by atoms with Crippen LogP contribution in [0.3, 0.4) is 0 Å².